The van der Waals surface area contributed by atoms with Gasteiger partial charge in [0, 0.05) is 23.9 Å². The van der Waals surface area contributed by atoms with E-state index in [4.69, 9.17) is 5.73 Å². The Hall–Kier alpha value is -2.04. The van der Waals surface area contributed by atoms with Crippen LogP contribution in [0.1, 0.15) is 43.8 Å². The third-order valence-corrected chi connectivity index (χ3v) is 3.56. The van der Waals surface area contributed by atoms with Crippen LogP contribution in [0, 0.1) is 0 Å². The first-order valence-corrected chi connectivity index (χ1v) is 6.75. The van der Waals surface area contributed by atoms with Crippen molar-refractivity contribution in [1.29, 1.82) is 0 Å². The average Bonchev–Trinajstić information content (AvgIpc) is 2.48. The summed E-state index contributed by atoms with van der Waals surface area (Å²) < 4.78 is 0. The average molecular weight is 255 g/mol. The van der Waals surface area contributed by atoms with Crippen molar-refractivity contribution in [3.8, 4) is 11.4 Å². The first-order valence-electron chi connectivity index (χ1n) is 6.75. The van der Waals surface area contributed by atoms with Crippen LogP contribution >= 0.6 is 0 Å². The van der Waals surface area contributed by atoms with E-state index in [1.165, 1.54) is 19.3 Å². The second-order valence-corrected chi connectivity index (χ2v) is 4.95. The predicted octanol–water partition coefficient (Wildman–Crippen LogP) is 2.56. The Labute approximate surface area is 112 Å². The molecule has 19 heavy (non-hydrogen) atoms. The number of pyridine rings is 1. The summed E-state index contributed by atoms with van der Waals surface area (Å²) in [4.78, 5) is 17.2. The van der Waals surface area contributed by atoms with E-state index >= 15 is 0 Å². The van der Waals surface area contributed by atoms with Crippen LogP contribution in [0.25, 0.3) is 11.4 Å². The monoisotopic (exact) mass is 255 g/mol. The Morgan fingerprint density at radius 3 is 2.63 bits per heavy atom. The van der Waals surface area contributed by atoms with Gasteiger partial charge in [0.25, 0.3) is 0 Å². The summed E-state index contributed by atoms with van der Waals surface area (Å²) in [6, 6.07) is 3.81. The van der Waals surface area contributed by atoms with Crippen LogP contribution in [-0.4, -0.2) is 19.9 Å². The summed E-state index contributed by atoms with van der Waals surface area (Å²) in [6.07, 6.45) is 9.59. The fourth-order valence-electron chi connectivity index (χ4n) is 2.58. The normalized spacial score (nSPS) is 16.4. The van der Waals surface area contributed by atoms with Gasteiger partial charge in [-0.25, -0.2) is 4.98 Å². The van der Waals surface area contributed by atoms with Gasteiger partial charge in [0.1, 0.15) is 5.82 Å². The van der Waals surface area contributed by atoms with Gasteiger partial charge in [0.2, 0.25) is 5.95 Å². The predicted molar refractivity (Wildman–Crippen MR) is 73.3 cm³/mol. The van der Waals surface area contributed by atoms with Gasteiger partial charge in [-0.3, -0.25) is 4.98 Å². The molecule has 3 rings (SSSR count). The van der Waals surface area contributed by atoms with Gasteiger partial charge in [0.05, 0.1) is 0 Å². The molecule has 2 heterocycles. The largest absolute Gasteiger partial charge is 0.368 e. The fraction of sp³-hybridized carbons (Fsp3) is 0.429. The molecule has 5 heteroatoms. The lowest BCUT2D eigenvalue weighted by atomic mass is 9.89. The van der Waals surface area contributed by atoms with E-state index < -0.39 is 0 Å². The van der Waals surface area contributed by atoms with Crippen molar-refractivity contribution in [2.24, 2.45) is 0 Å². The van der Waals surface area contributed by atoms with Crippen molar-refractivity contribution in [3.05, 3.63) is 30.4 Å². The molecule has 0 aliphatic heterocycles. The number of hydrogen-bond acceptors (Lipinski definition) is 5. The van der Waals surface area contributed by atoms with Gasteiger partial charge in [-0.2, -0.15) is 9.97 Å². The molecule has 0 bridgehead atoms. The summed E-state index contributed by atoms with van der Waals surface area (Å²) in [6.45, 7) is 0. The molecule has 2 aromatic heterocycles. The minimum Gasteiger partial charge on any atom is -0.368 e. The minimum atomic E-state index is 0.300. The highest BCUT2D eigenvalue weighted by Gasteiger charge is 2.19. The van der Waals surface area contributed by atoms with E-state index in [1.807, 2.05) is 12.1 Å². The molecule has 1 saturated carbocycles. The van der Waals surface area contributed by atoms with Crippen molar-refractivity contribution in [2.45, 2.75) is 38.0 Å². The molecule has 0 saturated heterocycles. The lowest BCUT2D eigenvalue weighted by Crippen LogP contribution is -2.12. The van der Waals surface area contributed by atoms with Gasteiger partial charge >= 0.3 is 0 Å². The second kappa shape index (κ2) is 5.30. The van der Waals surface area contributed by atoms with E-state index in [1.54, 1.807) is 12.4 Å². The maximum atomic E-state index is 5.82. The number of rotatable bonds is 2. The topological polar surface area (TPSA) is 77.6 Å². The standard InChI is InChI=1S/C14H17N5/c15-14-18-12(10-5-2-1-3-6-10)17-13(19-14)11-7-4-8-16-9-11/h4,7-10H,1-3,5-6H2,(H2,15,17,18,19). The number of nitrogens with zero attached hydrogens (tertiary/aromatic N) is 4. The Morgan fingerprint density at radius 2 is 1.89 bits per heavy atom. The molecule has 0 atom stereocenters. The second-order valence-electron chi connectivity index (χ2n) is 4.95. The van der Waals surface area contributed by atoms with Crippen LogP contribution in [-0.2, 0) is 0 Å². The molecular weight excluding hydrogens is 238 g/mol. The van der Waals surface area contributed by atoms with Crippen molar-refractivity contribution >= 4 is 5.95 Å². The third-order valence-electron chi connectivity index (χ3n) is 3.56. The van der Waals surface area contributed by atoms with Gasteiger partial charge in [-0.15, -0.1) is 0 Å². The highest BCUT2D eigenvalue weighted by atomic mass is 15.1. The molecule has 1 aliphatic carbocycles. The fourth-order valence-corrected chi connectivity index (χ4v) is 2.58. The van der Waals surface area contributed by atoms with E-state index in [9.17, 15) is 0 Å². The van der Waals surface area contributed by atoms with Crippen LogP contribution in [0.3, 0.4) is 0 Å². The number of aromatic nitrogens is 4. The van der Waals surface area contributed by atoms with Gasteiger partial charge in [-0.05, 0) is 25.0 Å². The molecule has 0 spiro atoms. The molecular formula is C14H17N5. The highest BCUT2D eigenvalue weighted by molar-refractivity contribution is 5.54. The molecule has 0 amide bonds. The number of anilines is 1. The molecule has 0 unspecified atom stereocenters. The number of nitrogen functional groups attached to an aromatic ring is 1. The quantitative estimate of drug-likeness (QED) is 0.892. The zero-order valence-electron chi connectivity index (χ0n) is 10.8. The Kier molecular flexibility index (Phi) is 3.35. The van der Waals surface area contributed by atoms with Crippen LogP contribution in [0.4, 0.5) is 5.95 Å². The maximum Gasteiger partial charge on any atom is 0.223 e. The minimum absolute atomic E-state index is 0.300. The summed E-state index contributed by atoms with van der Waals surface area (Å²) in [5.74, 6) is 2.19. The Morgan fingerprint density at radius 1 is 1.05 bits per heavy atom. The smallest absolute Gasteiger partial charge is 0.223 e. The molecule has 2 aromatic rings. The van der Waals surface area contributed by atoms with Crippen LogP contribution in [0.15, 0.2) is 24.5 Å². The van der Waals surface area contributed by atoms with E-state index in [0.29, 0.717) is 17.7 Å². The van der Waals surface area contributed by atoms with Crippen LogP contribution in [0.2, 0.25) is 0 Å². The lowest BCUT2D eigenvalue weighted by Gasteiger charge is -2.20. The number of nitrogens with two attached hydrogens (primary N) is 1. The summed E-state index contributed by atoms with van der Waals surface area (Å²) in [5.41, 5.74) is 6.70. The van der Waals surface area contributed by atoms with Crippen molar-refractivity contribution in [2.75, 3.05) is 5.73 Å². The van der Waals surface area contributed by atoms with Gasteiger partial charge < -0.3 is 5.73 Å². The van der Waals surface area contributed by atoms with Gasteiger partial charge in [-0.1, -0.05) is 19.3 Å². The molecule has 2 N–H and O–H groups in total. The lowest BCUT2D eigenvalue weighted by molar-refractivity contribution is 0.428. The molecule has 0 aromatic carbocycles. The van der Waals surface area contributed by atoms with Crippen molar-refractivity contribution in [3.63, 3.8) is 0 Å². The third kappa shape index (κ3) is 2.70. The summed E-state index contributed by atoms with van der Waals surface area (Å²) >= 11 is 0. The van der Waals surface area contributed by atoms with Crippen LogP contribution < -0.4 is 5.73 Å². The van der Waals surface area contributed by atoms with Gasteiger partial charge in [0.15, 0.2) is 5.82 Å². The summed E-state index contributed by atoms with van der Waals surface area (Å²) in [7, 11) is 0. The SMILES string of the molecule is Nc1nc(-c2cccnc2)nc(C2CCCCC2)n1. The van der Waals surface area contributed by atoms with Crippen molar-refractivity contribution in [1.82, 2.24) is 19.9 Å². The molecule has 1 fully saturated rings. The Bertz CT molecular complexity index is 549. The molecule has 98 valence electrons. The molecule has 1 aliphatic rings. The van der Waals surface area contributed by atoms with Crippen LogP contribution in [0.5, 0.6) is 0 Å². The first kappa shape index (κ1) is 12.0. The van der Waals surface area contributed by atoms with E-state index in [0.717, 1.165) is 24.2 Å². The van der Waals surface area contributed by atoms with Crippen molar-refractivity contribution < 1.29 is 0 Å². The number of hydrogen-bond donors (Lipinski definition) is 1. The zero-order chi connectivity index (χ0) is 13.1. The maximum absolute atomic E-state index is 5.82. The highest BCUT2D eigenvalue weighted by Crippen LogP contribution is 2.31. The zero-order valence-corrected chi connectivity index (χ0v) is 10.8. The molecule has 5 nitrogen and oxygen atoms in total. The first-order chi connectivity index (χ1) is 9.33. The Balaban J connectivity index is 1.96. The van der Waals surface area contributed by atoms with E-state index in [2.05, 4.69) is 19.9 Å². The molecule has 0 radical (unpaired) electrons. The summed E-state index contributed by atoms with van der Waals surface area (Å²) in [5, 5.41) is 0. The van der Waals surface area contributed by atoms with E-state index in [-0.39, 0.29) is 0 Å².